The minimum absolute atomic E-state index is 0.524. The van der Waals surface area contributed by atoms with Crippen LogP contribution in [0.4, 0.5) is 5.95 Å². The van der Waals surface area contributed by atoms with Crippen molar-refractivity contribution in [1.29, 1.82) is 0 Å². The van der Waals surface area contributed by atoms with Gasteiger partial charge in [0.1, 0.15) is 11.1 Å². The number of likely N-dealkylation sites (N-methyl/N-ethyl adjacent to an activating group) is 1. The first kappa shape index (κ1) is 12.6. The smallest absolute Gasteiger partial charge is 0.238 e. The van der Waals surface area contributed by atoms with Gasteiger partial charge in [-0.2, -0.15) is 0 Å². The Bertz CT molecular complexity index is 784. The van der Waals surface area contributed by atoms with Crippen LogP contribution in [-0.2, 0) is 0 Å². The highest BCUT2D eigenvalue weighted by molar-refractivity contribution is 6.02. The molecule has 2 N–H and O–H groups in total. The molecule has 1 unspecified atom stereocenters. The van der Waals surface area contributed by atoms with E-state index in [2.05, 4.69) is 25.7 Å². The molecule has 1 fully saturated rings. The van der Waals surface area contributed by atoms with Crippen LogP contribution in [0.25, 0.3) is 22.1 Å². The summed E-state index contributed by atoms with van der Waals surface area (Å²) in [6.07, 6.45) is 2.86. The zero-order chi connectivity index (χ0) is 14.2. The maximum atomic E-state index is 5.74. The lowest BCUT2D eigenvalue weighted by Crippen LogP contribution is -2.33. The largest absolute Gasteiger partial charge is 0.453 e. The van der Waals surface area contributed by atoms with Crippen molar-refractivity contribution in [2.75, 3.05) is 25.6 Å². The number of benzene rings is 1. The molecule has 0 radical (unpaired) electrons. The number of para-hydroxylation sites is 1. The Morgan fingerprint density at radius 1 is 1.29 bits per heavy atom. The van der Waals surface area contributed by atoms with Crippen molar-refractivity contribution in [3.8, 4) is 0 Å². The van der Waals surface area contributed by atoms with Crippen molar-refractivity contribution >= 4 is 28.0 Å². The van der Waals surface area contributed by atoms with Gasteiger partial charge >= 0.3 is 0 Å². The van der Waals surface area contributed by atoms with E-state index < -0.39 is 0 Å². The average Bonchev–Trinajstić information content (AvgIpc) is 3.11. The molecule has 2 aromatic heterocycles. The van der Waals surface area contributed by atoms with Crippen LogP contribution in [0.1, 0.15) is 6.42 Å². The van der Waals surface area contributed by atoms with Gasteiger partial charge in [0.2, 0.25) is 5.95 Å². The number of anilines is 1. The molecule has 1 aliphatic rings. The minimum atomic E-state index is 0.524. The maximum Gasteiger partial charge on any atom is 0.238 e. The van der Waals surface area contributed by atoms with Gasteiger partial charge < -0.3 is 9.73 Å². The Hall–Kier alpha value is -2.18. The van der Waals surface area contributed by atoms with E-state index in [-0.39, 0.29) is 0 Å². The second kappa shape index (κ2) is 4.98. The average molecular weight is 283 g/mol. The summed E-state index contributed by atoms with van der Waals surface area (Å²) in [6, 6.07) is 8.44. The van der Waals surface area contributed by atoms with Crippen LogP contribution in [0.3, 0.4) is 0 Å². The van der Waals surface area contributed by atoms with Gasteiger partial charge in [0, 0.05) is 24.5 Å². The summed E-state index contributed by atoms with van der Waals surface area (Å²) in [5.41, 5.74) is 5.70. The number of hydrogen-bond donors (Lipinski definition) is 2. The predicted octanol–water partition coefficient (Wildman–Crippen LogP) is 2.00. The minimum Gasteiger partial charge on any atom is -0.453 e. The lowest BCUT2D eigenvalue weighted by Gasteiger charge is -2.16. The Morgan fingerprint density at radius 2 is 2.19 bits per heavy atom. The number of nitrogens with one attached hydrogen (secondary N) is 2. The molecule has 108 valence electrons. The fourth-order valence-electron chi connectivity index (χ4n) is 2.80. The van der Waals surface area contributed by atoms with E-state index in [1.54, 1.807) is 6.20 Å². The van der Waals surface area contributed by atoms with Crippen LogP contribution in [0.5, 0.6) is 0 Å². The summed E-state index contributed by atoms with van der Waals surface area (Å²) in [5.74, 6) is 0.616. The van der Waals surface area contributed by atoms with E-state index in [0.29, 0.717) is 12.0 Å². The number of hydrazine groups is 1. The van der Waals surface area contributed by atoms with Gasteiger partial charge in [0.25, 0.3) is 0 Å². The topological polar surface area (TPSA) is 66.2 Å². The van der Waals surface area contributed by atoms with E-state index in [9.17, 15) is 0 Å². The second-order valence-electron chi connectivity index (χ2n) is 5.34. The molecule has 0 saturated carbocycles. The molecular weight excluding hydrogens is 266 g/mol. The number of nitrogens with zero attached hydrogens (tertiary/aromatic N) is 3. The van der Waals surface area contributed by atoms with Gasteiger partial charge in [-0.3, -0.25) is 5.43 Å². The lowest BCUT2D eigenvalue weighted by molar-refractivity contribution is 0.393. The van der Waals surface area contributed by atoms with Crippen LogP contribution in [0.15, 0.2) is 34.9 Å². The molecule has 0 amide bonds. The fourth-order valence-corrected chi connectivity index (χ4v) is 2.80. The Kier molecular flexibility index (Phi) is 2.98. The first-order valence-corrected chi connectivity index (χ1v) is 7.16. The van der Waals surface area contributed by atoms with Crippen LogP contribution in [0.2, 0.25) is 0 Å². The summed E-state index contributed by atoms with van der Waals surface area (Å²) in [6.45, 7) is 1.93. The van der Waals surface area contributed by atoms with E-state index in [1.807, 2.05) is 31.3 Å². The second-order valence-corrected chi connectivity index (χ2v) is 5.34. The van der Waals surface area contributed by atoms with E-state index in [0.717, 1.165) is 41.6 Å². The standard InChI is InChI=1S/C15H17N5O/c1-16-10-6-7-20(9-10)19-15-17-8-13-14(18-15)11-4-2-3-5-12(11)21-13/h2-5,8,10,16H,6-7,9H2,1H3,(H,17,18,19). The van der Waals surface area contributed by atoms with Gasteiger partial charge in [0.05, 0.1) is 6.20 Å². The number of rotatable bonds is 3. The lowest BCUT2D eigenvalue weighted by atomic mass is 10.2. The first-order chi connectivity index (χ1) is 10.3. The third kappa shape index (κ3) is 2.22. The molecule has 0 spiro atoms. The summed E-state index contributed by atoms with van der Waals surface area (Å²) in [5, 5.41) is 6.46. The van der Waals surface area contributed by atoms with E-state index >= 15 is 0 Å². The molecule has 0 aliphatic carbocycles. The highest BCUT2D eigenvalue weighted by Gasteiger charge is 2.21. The third-order valence-corrected chi connectivity index (χ3v) is 3.97. The van der Waals surface area contributed by atoms with Crippen LogP contribution in [-0.4, -0.2) is 41.2 Å². The first-order valence-electron chi connectivity index (χ1n) is 7.16. The van der Waals surface area contributed by atoms with Crippen molar-refractivity contribution in [2.45, 2.75) is 12.5 Å². The number of aromatic nitrogens is 2. The fraction of sp³-hybridized carbons (Fsp3) is 0.333. The molecule has 3 heterocycles. The molecule has 1 saturated heterocycles. The van der Waals surface area contributed by atoms with Gasteiger partial charge in [0.15, 0.2) is 5.58 Å². The molecule has 3 aromatic rings. The van der Waals surface area contributed by atoms with Gasteiger partial charge in [-0.25, -0.2) is 15.0 Å². The molecule has 6 heteroatoms. The predicted molar refractivity (Wildman–Crippen MR) is 82.0 cm³/mol. The zero-order valence-corrected chi connectivity index (χ0v) is 11.8. The summed E-state index contributed by atoms with van der Waals surface area (Å²) < 4.78 is 5.74. The van der Waals surface area contributed by atoms with E-state index in [1.165, 1.54) is 0 Å². The highest BCUT2D eigenvalue weighted by Crippen LogP contribution is 2.27. The number of furan rings is 1. The summed E-state index contributed by atoms with van der Waals surface area (Å²) in [7, 11) is 1.99. The van der Waals surface area contributed by atoms with Crippen molar-refractivity contribution in [1.82, 2.24) is 20.3 Å². The Labute approximate surface area is 122 Å². The normalized spacial score (nSPS) is 19.6. The third-order valence-electron chi connectivity index (χ3n) is 3.97. The Morgan fingerprint density at radius 3 is 3.05 bits per heavy atom. The van der Waals surface area contributed by atoms with E-state index in [4.69, 9.17) is 4.42 Å². The molecule has 0 bridgehead atoms. The monoisotopic (exact) mass is 283 g/mol. The molecule has 1 atom stereocenters. The summed E-state index contributed by atoms with van der Waals surface area (Å²) >= 11 is 0. The quantitative estimate of drug-likeness (QED) is 0.766. The summed E-state index contributed by atoms with van der Waals surface area (Å²) in [4.78, 5) is 8.94. The van der Waals surface area contributed by atoms with Crippen LogP contribution in [0, 0.1) is 0 Å². The van der Waals surface area contributed by atoms with Crippen LogP contribution < -0.4 is 10.7 Å². The van der Waals surface area contributed by atoms with Gasteiger partial charge in [-0.15, -0.1) is 0 Å². The molecule has 4 rings (SSSR count). The van der Waals surface area contributed by atoms with Crippen LogP contribution >= 0.6 is 0 Å². The molecule has 6 nitrogen and oxygen atoms in total. The van der Waals surface area contributed by atoms with Crippen molar-refractivity contribution in [3.05, 3.63) is 30.5 Å². The van der Waals surface area contributed by atoms with Crippen molar-refractivity contribution < 1.29 is 4.42 Å². The molecule has 1 aliphatic heterocycles. The molecule has 1 aromatic carbocycles. The van der Waals surface area contributed by atoms with Crippen molar-refractivity contribution in [3.63, 3.8) is 0 Å². The molecule has 21 heavy (non-hydrogen) atoms. The zero-order valence-electron chi connectivity index (χ0n) is 11.8. The highest BCUT2D eigenvalue weighted by atomic mass is 16.3. The SMILES string of the molecule is CNC1CCN(Nc2ncc3oc4ccccc4c3n2)C1. The number of hydrogen-bond acceptors (Lipinski definition) is 6. The van der Waals surface area contributed by atoms with Gasteiger partial charge in [-0.1, -0.05) is 12.1 Å². The van der Waals surface area contributed by atoms with Gasteiger partial charge in [-0.05, 0) is 25.6 Å². The Balaban J connectivity index is 1.65. The van der Waals surface area contributed by atoms with Crippen molar-refractivity contribution in [2.24, 2.45) is 0 Å². The molecular formula is C15H17N5O. The number of fused-ring (bicyclic) bond motifs is 3. The maximum absolute atomic E-state index is 5.74.